The lowest BCUT2D eigenvalue weighted by atomic mass is 9.98. The zero-order valence-corrected chi connectivity index (χ0v) is 14.2. The summed E-state index contributed by atoms with van der Waals surface area (Å²) in [6.45, 7) is 0.893. The van der Waals surface area contributed by atoms with Crippen LogP contribution in [0.3, 0.4) is 0 Å². The van der Waals surface area contributed by atoms with Crippen LogP contribution in [-0.2, 0) is 17.6 Å². The molecule has 24 heavy (non-hydrogen) atoms. The molecule has 2 aromatic rings. The van der Waals surface area contributed by atoms with Gasteiger partial charge in [-0.3, -0.25) is 9.59 Å². The molecule has 1 aromatic heterocycles. The van der Waals surface area contributed by atoms with Crippen molar-refractivity contribution in [3.8, 4) is 0 Å². The number of rotatable bonds is 5. The van der Waals surface area contributed by atoms with E-state index >= 15 is 0 Å². The van der Waals surface area contributed by atoms with Crippen molar-refractivity contribution in [1.82, 2.24) is 9.88 Å². The monoisotopic (exact) mass is 344 g/mol. The van der Waals surface area contributed by atoms with Gasteiger partial charge in [-0.2, -0.15) is 0 Å². The van der Waals surface area contributed by atoms with Crippen molar-refractivity contribution in [2.24, 2.45) is 5.92 Å². The molecular weight excluding hydrogens is 324 g/mol. The lowest BCUT2D eigenvalue weighted by Gasteiger charge is -2.30. The minimum Gasteiger partial charge on any atom is -0.481 e. The van der Waals surface area contributed by atoms with E-state index in [0.717, 1.165) is 24.3 Å². The number of aryl methyl sites for hydroxylation is 2. The van der Waals surface area contributed by atoms with Crippen molar-refractivity contribution in [2.45, 2.75) is 25.7 Å². The third-order valence-electron chi connectivity index (χ3n) is 4.30. The lowest BCUT2D eigenvalue weighted by molar-refractivity contribution is -0.143. The number of likely N-dealkylation sites (tertiary alicyclic amines) is 1. The molecule has 0 spiro atoms. The molecule has 2 heterocycles. The number of amides is 1. The van der Waals surface area contributed by atoms with E-state index in [1.54, 1.807) is 10.3 Å². The highest BCUT2D eigenvalue weighted by Gasteiger charge is 2.29. The number of carbonyl (C=O) groups excluding carboxylic acids is 1. The molecule has 3 rings (SSSR count). The number of carboxylic acid groups (broad SMARTS) is 1. The van der Waals surface area contributed by atoms with Crippen molar-refractivity contribution >= 4 is 23.2 Å². The SMILES string of the molecule is O=C(O)[C@@H]1CCCN(C(=O)c2csc(CCc3ccccc3)n2)C1. The summed E-state index contributed by atoms with van der Waals surface area (Å²) >= 11 is 1.49. The van der Waals surface area contributed by atoms with E-state index in [4.69, 9.17) is 5.11 Å². The number of carboxylic acids is 1. The molecular formula is C18H20N2O3S. The Labute approximate surface area is 145 Å². The summed E-state index contributed by atoms with van der Waals surface area (Å²) in [5.74, 6) is -1.43. The zero-order valence-electron chi connectivity index (χ0n) is 13.4. The highest BCUT2D eigenvalue weighted by molar-refractivity contribution is 7.09. The van der Waals surface area contributed by atoms with Gasteiger partial charge < -0.3 is 10.0 Å². The number of aliphatic carboxylic acids is 1. The van der Waals surface area contributed by atoms with Gasteiger partial charge in [-0.05, 0) is 24.8 Å². The summed E-state index contributed by atoms with van der Waals surface area (Å²) in [5.41, 5.74) is 1.69. The van der Waals surface area contributed by atoms with Crippen LogP contribution in [0.4, 0.5) is 0 Å². The smallest absolute Gasteiger partial charge is 0.308 e. The van der Waals surface area contributed by atoms with Gasteiger partial charge in [-0.1, -0.05) is 30.3 Å². The molecule has 0 bridgehead atoms. The van der Waals surface area contributed by atoms with E-state index in [-0.39, 0.29) is 12.5 Å². The van der Waals surface area contributed by atoms with Crippen LogP contribution < -0.4 is 0 Å². The third-order valence-corrected chi connectivity index (χ3v) is 5.21. The Kier molecular flexibility index (Phi) is 5.25. The van der Waals surface area contributed by atoms with Crippen LogP contribution in [0.1, 0.15) is 33.9 Å². The van der Waals surface area contributed by atoms with Crippen molar-refractivity contribution in [3.63, 3.8) is 0 Å². The van der Waals surface area contributed by atoms with Gasteiger partial charge in [0.05, 0.1) is 10.9 Å². The van der Waals surface area contributed by atoms with Crippen molar-refractivity contribution in [1.29, 1.82) is 0 Å². The zero-order chi connectivity index (χ0) is 16.9. The molecule has 1 atom stereocenters. The van der Waals surface area contributed by atoms with Gasteiger partial charge in [0.25, 0.3) is 5.91 Å². The van der Waals surface area contributed by atoms with Crippen LogP contribution in [0.2, 0.25) is 0 Å². The number of nitrogens with zero attached hydrogens (tertiary/aromatic N) is 2. The van der Waals surface area contributed by atoms with Crippen LogP contribution in [0, 0.1) is 5.92 Å². The fourth-order valence-corrected chi connectivity index (χ4v) is 3.72. The lowest BCUT2D eigenvalue weighted by Crippen LogP contribution is -2.42. The molecule has 1 aromatic carbocycles. The second-order valence-corrected chi connectivity index (χ2v) is 6.98. The summed E-state index contributed by atoms with van der Waals surface area (Å²) in [4.78, 5) is 29.7. The average molecular weight is 344 g/mol. The number of carbonyl (C=O) groups is 2. The molecule has 5 nitrogen and oxygen atoms in total. The molecule has 1 aliphatic heterocycles. The number of thiazole rings is 1. The quantitative estimate of drug-likeness (QED) is 0.905. The average Bonchev–Trinajstić information content (AvgIpc) is 3.09. The minimum absolute atomic E-state index is 0.150. The van der Waals surface area contributed by atoms with Crippen molar-refractivity contribution < 1.29 is 14.7 Å². The molecule has 0 aliphatic carbocycles. The summed E-state index contributed by atoms with van der Waals surface area (Å²) in [5, 5.41) is 11.9. The normalized spacial score (nSPS) is 17.7. The maximum absolute atomic E-state index is 12.5. The second kappa shape index (κ2) is 7.57. The number of hydrogen-bond donors (Lipinski definition) is 1. The van der Waals surface area contributed by atoms with Gasteiger partial charge in [0.15, 0.2) is 0 Å². The van der Waals surface area contributed by atoms with E-state index < -0.39 is 11.9 Å². The molecule has 6 heteroatoms. The molecule has 0 saturated carbocycles. The first kappa shape index (κ1) is 16.6. The first-order valence-electron chi connectivity index (χ1n) is 8.14. The maximum Gasteiger partial charge on any atom is 0.308 e. The van der Waals surface area contributed by atoms with Crippen LogP contribution in [0.15, 0.2) is 35.7 Å². The Balaban J connectivity index is 1.60. The van der Waals surface area contributed by atoms with Gasteiger partial charge in [-0.15, -0.1) is 11.3 Å². The molecule has 0 unspecified atom stereocenters. The van der Waals surface area contributed by atoms with E-state index in [0.29, 0.717) is 18.7 Å². The first-order valence-corrected chi connectivity index (χ1v) is 9.02. The summed E-state index contributed by atoms with van der Waals surface area (Å²) in [6.07, 6.45) is 3.07. The first-order chi connectivity index (χ1) is 11.6. The van der Waals surface area contributed by atoms with Crippen molar-refractivity contribution in [2.75, 3.05) is 13.1 Å². The van der Waals surface area contributed by atoms with Crippen LogP contribution in [0.5, 0.6) is 0 Å². The van der Waals surface area contributed by atoms with Gasteiger partial charge >= 0.3 is 5.97 Å². The molecule has 126 valence electrons. The van der Waals surface area contributed by atoms with Crippen molar-refractivity contribution in [3.05, 3.63) is 52.0 Å². The standard InChI is InChI=1S/C18H20N2O3S/c21-17(20-10-4-7-14(11-20)18(22)23)15-12-24-16(19-15)9-8-13-5-2-1-3-6-13/h1-3,5-6,12,14H,4,7-11H2,(H,22,23)/t14-/m1/s1. The Hall–Kier alpha value is -2.21. The fourth-order valence-electron chi connectivity index (χ4n) is 2.95. The Morgan fingerprint density at radius 3 is 2.79 bits per heavy atom. The Bertz CT molecular complexity index is 714. The minimum atomic E-state index is -0.825. The third kappa shape index (κ3) is 4.00. The van der Waals surface area contributed by atoms with Crippen LogP contribution in [-0.4, -0.2) is 40.0 Å². The van der Waals surface area contributed by atoms with E-state index in [9.17, 15) is 9.59 Å². The fraction of sp³-hybridized carbons (Fsp3) is 0.389. The largest absolute Gasteiger partial charge is 0.481 e. The highest BCUT2D eigenvalue weighted by atomic mass is 32.1. The summed E-state index contributed by atoms with van der Waals surface area (Å²) < 4.78 is 0. The molecule has 1 fully saturated rings. The van der Waals surface area contributed by atoms with E-state index in [1.165, 1.54) is 16.9 Å². The van der Waals surface area contributed by atoms with Crippen LogP contribution in [0.25, 0.3) is 0 Å². The van der Waals surface area contributed by atoms with Gasteiger partial charge in [-0.25, -0.2) is 4.98 Å². The second-order valence-electron chi connectivity index (χ2n) is 6.04. The predicted molar refractivity (Wildman–Crippen MR) is 92.2 cm³/mol. The maximum atomic E-state index is 12.5. The molecule has 1 aliphatic rings. The molecule has 1 amide bonds. The van der Waals surface area contributed by atoms with Gasteiger partial charge in [0.1, 0.15) is 5.69 Å². The molecule has 1 saturated heterocycles. The van der Waals surface area contributed by atoms with Gasteiger partial charge in [0.2, 0.25) is 0 Å². The van der Waals surface area contributed by atoms with Gasteiger partial charge in [0, 0.05) is 24.9 Å². The topological polar surface area (TPSA) is 70.5 Å². The van der Waals surface area contributed by atoms with E-state index in [2.05, 4.69) is 17.1 Å². The predicted octanol–water partition coefficient (Wildman–Crippen LogP) is 2.87. The number of benzene rings is 1. The molecule has 1 N–H and O–H groups in total. The Morgan fingerprint density at radius 1 is 1.25 bits per heavy atom. The van der Waals surface area contributed by atoms with Crippen LogP contribution >= 0.6 is 11.3 Å². The summed E-state index contributed by atoms with van der Waals surface area (Å²) in [6, 6.07) is 10.2. The van der Waals surface area contributed by atoms with E-state index in [1.807, 2.05) is 18.2 Å². The number of hydrogen-bond acceptors (Lipinski definition) is 4. The number of piperidine rings is 1. The Morgan fingerprint density at radius 2 is 2.04 bits per heavy atom. The molecule has 0 radical (unpaired) electrons. The number of aromatic nitrogens is 1. The summed E-state index contributed by atoms with van der Waals surface area (Å²) in [7, 11) is 0. The highest BCUT2D eigenvalue weighted by Crippen LogP contribution is 2.20.